The Hall–Kier alpha value is -3.56. The normalized spacial score (nSPS) is 23.7. The van der Waals surface area contributed by atoms with Crippen molar-refractivity contribution in [3.63, 3.8) is 0 Å². The smallest absolute Gasteiger partial charge is 0.251 e. The summed E-state index contributed by atoms with van der Waals surface area (Å²) in [5.74, 6) is 0.570. The van der Waals surface area contributed by atoms with Crippen molar-refractivity contribution in [1.29, 1.82) is 0 Å². The van der Waals surface area contributed by atoms with E-state index in [0.717, 1.165) is 0 Å². The van der Waals surface area contributed by atoms with Gasteiger partial charge in [-0.15, -0.1) is 0 Å². The second-order valence-electron chi connectivity index (χ2n) is 7.93. The molecular formula is C24H23FN4O4. The van der Waals surface area contributed by atoms with Gasteiger partial charge in [0, 0.05) is 17.3 Å². The zero-order valence-corrected chi connectivity index (χ0v) is 17.9. The molecule has 3 aromatic rings. The highest BCUT2D eigenvalue weighted by Gasteiger charge is 2.48. The van der Waals surface area contributed by atoms with Crippen molar-refractivity contribution < 1.29 is 23.4 Å². The molecule has 2 N–H and O–H groups in total. The lowest BCUT2D eigenvalue weighted by Gasteiger charge is -2.18. The third kappa shape index (κ3) is 4.50. The van der Waals surface area contributed by atoms with Gasteiger partial charge in [0.25, 0.3) is 5.91 Å². The molecule has 2 aromatic carbocycles. The molecule has 33 heavy (non-hydrogen) atoms. The molecule has 0 saturated carbocycles. The number of nitrogens with one attached hydrogen (secondary N) is 2. The minimum atomic E-state index is -0.324. The van der Waals surface area contributed by atoms with Gasteiger partial charge in [-0.3, -0.25) is 4.79 Å². The van der Waals surface area contributed by atoms with E-state index in [1.165, 1.54) is 12.1 Å². The molecule has 0 aliphatic carbocycles. The molecule has 3 heterocycles. The van der Waals surface area contributed by atoms with Gasteiger partial charge < -0.3 is 24.8 Å². The van der Waals surface area contributed by atoms with E-state index in [2.05, 4.69) is 20.6 Å². The zero-order chi connectivity index (χ0) is 22.8. The van der Waals surface area contributed by atoms with E-state index < -0.39 is 0 Å². The van der Waals surface area contributed by atoms with Crippen LogP contribution in [0.25, 0.3) is 11.3 Å². The molecule has 2 saturated heterocycles. The van der Waals surface area contributed by atoms with E-state index >= 15 is 0 Å². The number of anilines is 1. The van der Waals surface area contributed by atoms with Crippen molar-refractivity contribution in [2.24, 2.45) is 0 Å². The number of halogens is 1. The topological polar surface area (TPSA) is 94.6 Å². The van der Waals surface area contributed by atoms with Gasteiger partial charge in [0.1, 0.15) is 23.8 Å². The molecule has 2 fully saturated rings. The number of ether oxygens (including phenoxy) is 3. The molecule has 8 nitrogen and oxygen atoms in total. The largest absolute Gasteiger partial charge is 0.497 e. The molecule has 4 atom stereocenters. The summed E-state index contributed by atoms with van der Waals surface area (Å²) in [6.07, 6.45) is 1.08. The summed E-state index contributed by atoms with van der Waals surface area (Å²) in [5, 5.41) is 6.26. The lowest BCUT2D eigenvalue weighted by Crippen LogP contribution is -2.44. The Bertz CT molecular complexity index is 1140. The number of benzene rings is 2. The monoisotopic (exact) mass is 450 g/mol. The maximum atomic E-state index is 13.6. The van der Waals surface area contributed by atoms with Gasteiger partial charge in [0.15, 0.2) is 0 Å². The average molecular weight is 450 g/mol. The number of carbonyl (C=O) groups excluding carboxylic acids is 1. The summed E-state index contributed by atoms with van der Waals surface area (Å²) in [5.41, 5.74) is 1.81. The first-order valence-corrected chi connectivity index (χ1v) is 10.6. The number of fused-ring (bicyclic) bond motifs is 1. The highest BCUT2D eigenvalue weighted by molar-refractivity contribution is 5.94. The number of aromatic nitrogens is 2. The first kappa shape index (κ1) is 21.3. The highest BCUT2D eigenvalue weighted by Crippen LogP contribution is 2.29. The van der Waals surface area contributed by atoms with Gasteiger partial charge in [-0.2, -0.15) is 0 Å². The van der Waals surface area contributed by atoms with E-state index in [-0.39, 0.29) is 36.0 Å². The second kappa shape index (κ2) is 9.13. The zero-order valence-electron chi connectivity index (χ0n) is 17.9. The van der Waals surface area contributed by atoms with E-state index in [0.29, 0.717) is 41.7 Å². The SMILES string of the molecule is COc1ccc(C(=O)N[C@H]2CO[C@H]3[C@@H]2OC[C@@H]3Nc2nccc(-c3cccc(F)c3)n2)cc1. The molecule has 0 bridgehead atoms. The van der Waals surface area contributed by atoms with E-state index in [9.17, 15) is 9.18 Å². The number of hydrogen-bond donors (Lipinski definition) is 2. The van der Waals surface area contributed by atoms with Crippen LogP contribution in [0.2, 0.25) is 0 Å². The number of nitrogens with zero attached hydrogens (tertiary/aromatic N) is 2. The summed E-state index contributed by atoms with van der Waals surface area (Å²) >= 11 is 0. The maximum absolute atomic E-state index is 13.6. The number of carbonyl (C=O) groups is 1. The van der Waals surface area contributed by atoms with E-state index in [4.69, 9.17) is 14.2 Å². The van der Waals surface area contributed by atoms with Crippen LogP contribution in [0.4, 0.5) is 10.3 Å². The van der Waals surface area contributed by atoms with Gasteiger partial charge in [-0.05, 0) is 42.5 Å². The van der Waals surface area contributed by atoms with Crippen molar-refractivity contribution in [2.75, 3.05) is 25.6 Å². The van der Waals surface area contributed by atoms with Gasteiger partial charge in [0.05, 0.1) is 38.1 Å². The summed E-state index contributed by atoms with van der Waals surface area (Å²) in [7, 11) is 1.58. The number of rotatable bonds is 6. The average Bonchev–Trinajstić information content (AvgIpc) is 3.42. The van der Waals surface area contributed by atoms with Crippen molar-refractivity contribution in [1.82, 2.24) is 15.3 Å². The first-order chi connectivity index (χ1) is 16.1. The molecule has 5 rings (SSSR count). The van der Waals surface area contributed by atoms with Crippen LogP contribution in [0, 0.1) is 5.82 Å². The minimum Gasteiger partial charge on any atom is -0.497 e. The molecule has 1 amide bonds. The highest BCUT2D eigenvalue weighted by atomic mass is 19.1. The van der Waals surface area contributed by atoms with Crippen LogP contribution < -0.4 is 15.4 Å². The quantitative estimate of drug-likeness (QED) is 0.596. The van der Waals surface area contributed by atoms with Crippen LogP contribution in [0.1, 0.15) is 10.4 Å². The third-order valence-corrected chi connectivity index (χ3v) is 5.81. The molecule has 2 aliphatic heterocycles. The Morgan fingerprint density at radius 2 is 1.82 bits per heavy atom. The van der Waals surface area contributed by atoms with Crippen LogP contribution in [-0.4, -0.2) is 60.5 Å². The predicted molar refractivity (Wildman–Crippen MR) is 119 cm³/mol. The summed E-state index contributed by atoms with van der Waals surface area (Å²) in [6.45, 7) is 0.734. The molecule has 1 aromatic heterocycles. The van der Waals surface area contributed by atoms with Gasteiger partial charge in [-0.1, -0.05) is 12.1 Å². The van der Waals surface area contributed by atoms with Gasteiger partial charge >= 0.3 is 0 Å². The predicted octanol–water partition coefficient (Wildman–Crippen LogP) is 2.67. The van der Waals surface area contributed by atoms with Crippen molar-refractivity contribution >= 4 is 11.9 Å². The molecule has 9 heteroatoms. The Morgan fingerprint density at radius 3 is 2.58 bits per heavy atom. The Labute approximate surface area is 190 Å². The molecule has 0 radical (unpaired) electrons. The molecule has 2 aliphatic rings. The lowest BCUT2D eigenvalue weighted by atomic mass is 10.1. The standard InChI is InChI=1S/C24H23FN4O4/c1-31-17-7-5-14(6-8-17)23(30)27-19-12-32-22-20(13-33-21(19)22)29-24-26-10-9-18(28-24)15-3-2-4-16(25)11-15/h2-11,19-22H,12-13H2,1H3,(H,27,30)(H,26,28,29)/t19-,20-,21+,22+/m0/s1. The Balaban J connectivity index is 1.23. The molecule has 0 spiro atoms. The Morgan fingerprint density at radius 1 is 1.06 bits per heavy atom. The fourth-order valence-electron chi connectivity index (χ4n) is 4.14. The van der Waals surface area contributed by atoms with Crippen LogP contribution >= 0.6 is 0 Å². The van der Waals surface area contributed by atoms with E-state index in [1.54, 1.807) is 55.8 Å². The van der Waals surface area contributed by atoms with Crippen LogP contribution in [-0.2, 0) is 9.47 Å². The van der Waals surface area contributed by atoms with E-state index in [1.807, 2.05) is 0 Å². The number of hydrogen-bond acceptors (Lipinski definition) is 7. The van der Waals surface area contributed by atoms with Crippen molar-refractivity contribution in [3.05, 3.63) is 72.2 Å². The fourth-order valence-corrected chi connectivity index (χ4v) is 4.14. The third-order valence-electron chi connectivity index (χ3n) is 5.81. The van der Waals surface area contributed by atoms with Crippen molar-refractivity contribution in [2.45, 2.75) is 24.3 Å². The molecular weight excluding hydrogens is 427 g/mol. The lowest BCUT2D eigenvalue weighted by molar-refractivity contribution is 0.0652. The second-order valence-corrected chi connectivity index (χ2v) is 7.93. The van der Waals surface area contributed by atoms with Crippen LogP contribution in [0.5, 0.6) is 5.75 Å². The van der Waals surface area contributed by atoms with Gasteiger partial charge in [-0.25, -0.2) is 14.4 Å². The fraction of sp³-hybridized carbons (Fsp3) is 0.292. The molecule has 170 valence electrons. The number of methoxy groups -OCH3 is 1. The number of amides is 1. The van der Waals surface area contributed by atoms with Crippen molar-refractivity contribution in [3.8, 4) is 17.0 Å². The summed E-state index contributed by atoms with van der Waals surface area (Å²) in [6, 6.07) is 14.4. The Kier molecular flexibility index (Phi) is 5.89. The summed E-state index contributed by atoms with van der Waals surface area (Å²) in [4.78, 5) is 21.4. The minimum absolute atomic E-state index is 0.180. The maximum Gasteiger partial charge on any atom is 0.251 e. The molecule has 0 unspecified atom stereocenters. The summed E-state index contributed by atoms with van der Waals surface area (Å²) < 4.78 is 30.6. The van der Waals surface area contributed by atoms with Crippen LogP contribution in [0.15, 0.2) is 60.8 Å². The first-order valence-electron chi connectivity index (χ1n) is 10.6. The van der Waals surface area contributed by atoms with Crippen LogP contribution in [0.3, 0.4) is 0 Å². The van der Waals surface area contributed by atoms with Gasteiger partial charge in [0.2, 0.25) is 5.95 Å².